The summed E-state index contributed by atoms with van der Waals surface area (Å²) in [4.78, 5) is 11.9. The molecule has 3 heteroatoms. The second kappa shape index (κ2) is 5.59. The first-order valence-corrected chi connectivity index (χ1v) is 7.82. The highest BCUT2D eigenvalue weighted by Crippen LogP contribution is 2.38. The van der Waals surface area contributed by atoms with Crippen molar-refractivity contribution in [1.29, 1.82) is 0 Å². The average Bonchev–Trinajstić information content (AvgIpc) is 2.84. The smallest absolute Gasteiger partial charge is 0.160 e. The highest BCUT2D eigenvalue weighted by Gasteiger charge is 2.10. The number of thioether (sulfide) groups is 1. The lowest BCUT2D eigenvalue weighted by Crippen LogP contribution is -1.77. The summed E-state index contributed by atoms with van der Waals surface area (Å²) in [6.45, 7) is 0. The molecule has 0 spiro atoms. The lowest BCUT2D eigenvalue weighted by Gasteiger charge is -2.00. The summed E-state index contributed by atoms with van der Waals surface area (Å²) < 4.78 is 1.22. The maximum Gasteiger partial charge on any atom is 0.160 e. The third kappa shape index (κ3) is 2.57. The topological polar surface area (TPSA) is 17.1 Å². The molecule has 1 nitrogen and oxygen atoms in total. The van der Waals surface area contributed by atoms with Crippen molar-refractivity contribution in [3.05, 3.63) is 65.0 Å². The number of carbonyl (C=O) groups excluding carboxylic acids is 1. The lowest BCUT2D eigenvalue weighted by atomic mass is 10.2. The molecule has 1 heterocycles. The van der Waals surface area contributed by atoms with Crippen LogP contribution in [0.2, 0.25) is 0 Å². The predicted molar refractivity (Wildman–Crippen MR) is 83.2 cm³/mol. The van der Waals surface area contributed by atoms with Crippen LogP contribution in [0.15, 0.2) is 58.8 Å². The number of aldehydes is 1. The summed E-state index contributed by atoms with van der Waals surface area (Å²) in [5.74, 6) is 0.934. The molecule has 1 aromatic heterocycles. The summed E-state index contributed by atoms with van der Waals surface area (Å²) in [7, 11) is 0. The van der Waals surface area contributed by atoms with E-state index in [0.29, 0.717) is 0 Å². The van der Waals surface area contributed by atoms with Gasteiger partial charge in [-0.2, -0.15) is 0 Å². The molecule has 0 saturated carbocycles. The molecule has 0 atom stereocenters. The van der Waals surface area contributed by atoms with E-state index in [4.69, 9.17) is 0 Å². The molecule has 3 aromatic rings. The third-order valence-electron chi connectivity index (χ3n) is 2.93. The van der Waals surface area contributed by atoms with Crippen LogP contribution in [0, 0.1) is 0 Å². The van der Waals surface area contributed by atoms with Gasteiger partial charge in [0, 0.05) is 16.5 Å². The van der Waals surface area contributed by atoms with E-state index < -0.39 is 0 Å². The Morgan fingerprint density at radius 2 is 1.63 bits per heavy atom. The third-order valence-corrected chi connectivity index (χ3v) is 5.44. The van der Waals surface area contributed by atoms with E-state index in [1.54, 1.807) is 23.1 Å². The Morgan fingerprint density at radius 1 is 0.947 bits per heavy atom. The Bertz CT molecular complexity index is 701. The van der Waals surface area contributed by atoms with E-state index in [1.807, 2.05) is 24.3 Å². The van der Waals surface area contributed by atoms with Crippen molar-refractivity contribution in [1.82, 2.24) is 0 Å². The molecular weight excluding hydrogens is 272 g/mol. The Labute approximate surface area is 120 Å². The van der Waals surface area contributed by atoms with Gasteiger partial charge in [0.1, 0.15) is 0 Å². The van der Waals surface area contributed by atoms with Crippen molar-refractivity contribution in [2.75, 3.05) is 0 Å². The Balaban J connectivity index is 1.91. The normalized spacial score (nSPS) is 10.7. The van der Waals surface area contributed by atoms with Crippen LogP contribution >= 0.6 is 23.1 Å². The van der Waals surface area contributed by atoms with Crippen LogP contribution in [0.1, 0.15) is 15.2 Å². The van der Waals surface area contributed by atoms with Crippen molar-refractivity contribution in [3.8, 4) is 0 Å². The van der Waals surface area contributed by atoms with E-state index in [-0.39, 0.29) is 0 Å². The fraction of sp³-hybridized carbons (Fsp3) is 0.0625. The van der Waals surface area contributed by atoms with Crippen LogP contribution < -0.4 is 0 Å². The van der Waals surface area contributed by atoms with Crippen molar-refractivity contribution in [2.24, 2.45) is 0 Å². The van der Waals surface area contributed by atoms with Gasteiger partial charge in [0.05, 0.1) is 9.09 Å². The molecule has 2 aromatic carbocycles. The van der Waals surface area contributed by atoms with Gasteiger partial charge in [-0.15, -0.1) is 23.1 Å². The zero-order chi connectivity index (χ0) is 13.1. The average molecular weight is 284 g/mol. The molecule has 0 fully saturated rings. The number of benzene rings is 2. The fourth-order valence-electron chi connectivity index (χ4n) is 2.00. The summed E-state index contributed by atoms with van der Waals surface area (Å²) in [5.41, 5.74) is 1.30. The standard InChI is InChI=1S/C16H12OS2/c17-10-15-13-8-4-5-9-14(13)16(19-15)18-11-12-6-2-1-3-7-12/h1-10H,11H2. The molecule has 0 radical (unpaired) electrons. The van der Waals surface area contributed by atoms with Crippen molar-refractivity contribution in [2.45, 2.75) is 9.96 Å². The number of rotatable bonds is 4. The highest BCUT2D eigenvalue weighted by atomic mass is 32.2. The summed E-state index contributed by atoms with van der Waals surface area (Å²) in [6, 6.07) is 18.5. The van der Waals surface area contributed by atoms with Crippen molar-refractivity contribution in [3.63, 3.8) is 0 Å². The van der Waals surface area contributed by atoms with E-state index in [1.165, 1.54) is 15.2 Å². The first-order valence-electron chi connectivity index (χ1n) is 6.02. The minimum Gasteiger partial charge on any atom is -0.297 e. The van der Waals surface area contributed by atoms with Crippen LogP contribution in [0.5, 0.6) is 0 Å². The maximum absolute atomic E-state index is 11.1. The van der Waals surface area contributed by atoms with Gasteiger partial charge in [-0.25, -0.2) is 0 Å². The molecular formula is C16H12OS2. The van der Waals surface area contributed by atoms with Crippen LogP contribution in [0.25, 0.3) is 10.8 Å². The minimum atomic E-state index is 0.825. The number of carbonyl (C=O) groups is 1. The molecule has 3 rings (SSSR count). The van der Waals surface area contributed by atoms with Gasteiger partial charge in [0.15, 0.2) is 6.29 Å². The first kappa shape index (κ1) is 12.5. The van der Waals surface area contributed by atoms with Gasteiger partial charge in [0.25, 0.3) is 0 Å². The van der Waals surface area contributed by atoms with Gasteiger partial charge < -0.3 is 0 Å². The van der Waals surface area contributed by atoms with Gasteiger partial charge in [-0.1, -0.05) is 54.6 Å². The maximum atomic E-state index is 11.1. The molecule has 0 aliphatic rings. The summed E-state index contributed by atoms with van der Waals surface area (Å²) >= 11 is 3.39. The summed E-state index contributed by atoms with van der Waals surface area (Å²) in [5, 5.41) is 2.26. The Morgan fingerprint density at radius 3 is 2.37 bits per heavy atom. The van der Waals surface area contributed by atoms with Gasteiger partial charge in [-0.3, -0.25) is 4.79 Å². The quantitative estimate of drug-likeness (QED) is 0.495. The molecule has 0 aliphatic carbocycles. The molecule has 0 N–H and O–H groups in total. The van der Waals surface area contributed by atoms with E-state index in [0.717, 1.165) is 22.3 Å². The Kier molecular flexibility index (Phi) is 3.67. The van der Waals surface area contributed by atoms with E-state index >= 15 is 0 Å². The minimum absolute atomic E-state index is 0.825. The van der Waals surface area contributed by atoms with Crippen LogP contribution in [-0.2, 0) is 5.75 Å². The van der Waals surface area contributed by atoms with Crippen LogP contribution in [0.3, 0.4) is 0 Å². The molecule has 94 valence electrons. The monoisotopic (exact) mass is 284 g/mol. The second-order valence-corrected chi connectivity index (χ2v) is 6.49. The number of thiophene rings is 1. The first-order chi connectivity index (χ1) is 9.38. The van der Waals surface area contributed by atoms with Crippen LogP contribution in [0.4, 0.5) is 0 Å². The number of hydrogen-bond donors (Lipinski definition) is 0. The van der Waals surface area contributed by atoms with Crippen molar-refractivity contribution >= 4 is 40.2 Å². The zero-order valence-electron chi connectivity index (χ0n) is 10.2. The summed E-state index contributed by atoms with van der Waals surface area (Å²) in [6.07, 6.45) is 0.958. The van der Waals surface area contributed by atoms with E-state index in [2.05, 4.69) is 30.3 Å². The molecule has 0 amide bonds. The molecule has 0 aliphatic heterocycles. The molecule has 0 unspecified atom stereocenters. The zero-order valence-corrected chi connectivity index (χ0v) is 11.8. The van der Waals surface area contributed by atoms with Gasteiger partial charge in [-0.05, 0) is 5.56 Å². The van der Waals surface area contributed by atoms with Crippen molar-refractivity contribution < 1.29 is 4.79 Å². The van der Waals surface area contributed by atoms with E-state index in [9.17, 15) is 4.79 Å². The molecule has 0 bridgehead atoms. The number of hydrogen-bond acceptors (Lipinski definition) is 3. The lowest BCUT2D eigenvalue weighted by molar-refractivity contribution is 0.112. The van der Waals surface area contributed by atoms with Gasteiger partial charge >= 0.3 is 0 Å². The molecule has 0 saturated heterocycles. The largest absolute Gasteiger partial charge is 0.297 e. The van der Waals surface area contributed by atoms with Gasteiger partial charge in [0.2, 0.25) is 0 Å². The Hall–Kier alpha value is -1.58. The fourth-order valence-corrected chi connectivity index (χ4v) is 4.33. The predicted octanol–water partition coefficient (Wildman–Crippen LogP) is 5.01. The van der Waals surface area contributed by atoms with Crippen LogP contribution in [-0.4, -0.2) is 6.29 Å². The highest BCUT2D eigenvalue weighted by molar-refractivity contribution is 8.00. The SMILES string of the molecule is O=Cc1sc(SCc2ccccc2)c2ccccc12. The number of fused-ring (bicyclic) bond motifs is 1. The molecule has 19 heavy (non-hydrogen) atoms. The second-order valence-electron chi connectivity index (χ2n) is 4.19.